The molecule has 166 valence electrons. The van der Waals surface area contributed by atoms with Gasteiger partial charge in [0.15, 0.2) is 17.5 Å². The van der Waals surface area contributed by atoms with E-state index in [1.54, 1.807) is 0 Å². The second kappa shape index (κ2) is 9.65. The summed E-state index contributed by atoms with van der Waals surface area (Å²) in [4.78, 5) is 14.6. The molecule has 0 amide bonds. The average Bonchev–Trinajstić information content (AvgIpc) is 2.79. The summed E-state index contributed by atoms with van der Waals surface area (Å²) < 4.78 is 10.6. The molecule has 0 aliphatic heterocycles. The minimum absolute atomic E-state index is 0.113. The van der Waals surface area contributed by atoms with Crippen LogP contribution in [0.5, 0.6) is 5.75 Å². The fourth-order valence-corrected chi connectivity index (χ4v) is 3.73. The van der Waals surface area contributed by atoms with E-state index in [0.717, 1.165) is 27.8 Å². The molecule has 0 spiro atoms. The summed E-state index contributed by atoms with van der Waals surface area (Å²) in [5.41, 5.74) is 7.54. The molecule has 4 rings (SSSR count). The number of rotatable bonds is 7. The predicted molar refractivity (Wildman–Crippen MR) is 132 cm³/mol. The molecule has 5 nitrogen and oxygen atoms in total. The Morgan fingerprint density at radius 3 is 1.70 bits per heavy atom. The third-order valence-electron chi connectivity index (χ3n) is 5.41. The van der Waals surface area contributed by atoms with Crippen LogP contribution in [0.4, 0.5) is 0 Å². The van der Waals surface area contributed by atoms with Crippen LogP contribution in [0.25, 0.3) is 34.2 Å². The van der Waals surface area contributed by atoms with Gasteiger partial charge in [0.2, 0.25) is 6.79 Å². The standard InChI is InChI=1S/C28H27N3O2/c1-6-32-17-33-23-11-9-22(10-12-23)26-29-27(24-13-7-18(2)15-20(24)4)31-28(30-26)25-14-8-19(3)16-21(25)5/h6-16H,1,17H2,2-5H3. The molecule has 0 atom stereocenters. The number of hydrogen-bond donors (Lipinski definition) is 0. The molecule has 3 aromatic carbocycles. The van der Waals surface area contributed by atoms with Crippen molar-refractivity contribution in [3.63, 3.8) is 0 Å². The zero-order valence-electron chi connectivity index (χ0n) is 19.4. The van der Waals surface area contributed by atoms with Crippen LogP contribution in [0.1, 0.15) is 22.3 Å². The Morgan fingerprint density at radius 1 is 0.697 bits per heavy atom. The molecule has 0 saturated carbocycles. The lowest BCUT2D eigenvalue weighted by Gasteiger charge is -2.12. The molecule has 0 saturated heterocycles. The van der Waals surface area contributed by atoms with Crippen LogP contribution < -0.4 is 4.74 Å². The number of aromatic nitrogens is 3. The van der Waals surface area contributed by atoms with Crippen LogP contribution in [-0.4, -0.2) is 21.7 Å². The summed E-state index contributed by atoms with van der Waals surface area (Å²) in [7, 11) is 0. The lowest BCUT2D eigenvalue weighted by atomic mass is 10.0. The fraction of sp³-hybridized carbons (Fsp3) is 0.179. The second-order valence-corrected chi connectivity index (χ2v) is 8.06. The van der Waals surface area contributed by atoms with Crippen molar-refractivity contribution in [1.82, 2.24) is 15.0 Å². The first-order valence-corrected chi connectivity index (χ1v) is 10.8. The molecular formula is C28H27N3O2. The first-order valence-electron chi connectivity index (χ1n) is 10.8. The Kier molecular flexibility index (Phi) is 6.50. The van der Waals surface area contributed by atoms with Gasteiger partial charge >= 0.3 is 0 Å². The number of benzene rings is 3. The average molecular weight is 438 g/mol. The molecular weight excluding hydrogens is 410 g/mol. The van der Waals surface area contributed by atoms with Crippen molar-refractivity contribution >= 4 is 0 Å². The molecule has 4 aromatic rings. The van der Waals surface area contributed by atoms with Crippen molar-refractivity contribution in [2.75, 3.05) is 6.79 Å². The molecule has 0 aliphatic carbocycles. The first-order chi connectivity index (χ1) is 15.9. The third-order valence-corrected chi connectivity index (χ3v) is 5.41. The Morgan fingerprint density at radius 2 is 1.21 bits per heavy atom. The van der Waals surface area contributed by atoms with Gasteiger partial charge in [0, 0.05) is 16.7 Å². The maximum absolute atomic E-state index is 5.53. The molecule has 0 unspecified atom stereocenters. The van der Waals surface area contributed by atoms with Crippen molar-refractivity contribution in [3.05, 3.63) is 95.8 Å². The van der Waals surface area contributed by atoms with E-state index >= 15 is 0 Å². The smallest absolute Gasteiger partial charge is 0.229 e. The number of aryl methyl sites for hydroxylation is 4. The molecule has 5 heteroatoms. The van der Waals surface area contributed by atoms with Gasteiger partial charge in [-0.2, -0.15) is 0 Å². The zero-order chi connectivity index (χ0) is 23.4. The van der Waals surface area contributed by atoms with E-state index in [9.17, 15) is 0 Å². The summed E-state index contributed by atoms with van der Waals surface area (Å²) in [6.45, 7) is 12.0. The van der Waals surface area contributed by atoms with Gasteiger partial charge in [0.25, 0.3) is 0 Å². The molecule has 1 aromatic heterocycles. The van der Waals surface area contributed by atoms with E-state index in [-0.39, 0.29) is 6.79 Å². The van der Waals surface area contributed by atoms with Gasteiger partial charge in [-0.3, -0.25) is 0 Å². The highest BCUT2D eigenvalue weighted by molar-refractivity contribution is 5.69. The maximum atomic E-state index is 5.53. The lowest BCUT2D eigenvalue weighted by Crippen LogP contribution is -2.02. The van der Waals surface area contributed by atoms with E-state index in [1.807, 2.05) is 24.3 Å². The van der Waals surface area contributed by atoms with Crippen molar-refractivity contribution in [2.24, 2.45) is 0 Å². The summed E-state index contributed by atoms with van der Waals surface area (Å²) in [6, 6.07) is 20.2. The Labute approximate surface area is 194 Å². The molecule has 0 radical (unpaired) electrons. The predicted octanol–water partition coefficient (Wildman–Crippen LogP) is 6.60. The monoisotopic (exact) mass is 437 g/mol. The van der Waals surface area contributed by atoms with Crippen molar-refractivity contribution < 1.29 is 9.47 Å². The number of ether oxygens (including phenoxy) is 2. The molecule has 33 heavy (non-hydrogen) atoms. The Hall–Kier alpha value is -3.99. The van der Waals surface area contributed by atoms with Crippen LogP contribution in [0.15, 0.2) is 73.5 Å². The summed E-state index contributed by atoms with van der Waals surface area (Å²) >= 11 is 0. The fourth-order valence-electron chi connectivity index (χ4n) is 3.73. The largest absolute Gasteiger partial charge is 0.466 e. The normalized spacial score (nSPS) is 10.7. The van der Waals surface area contributed by atoms with E-state index in [4.69, 9.17) is 24.4 Å². The molecule has 0 aliphatic rings. The topological polar surface area (TPSA) is 57.1 Å². The summed E-state index contributed by atoms with van der Waals surface area (Å²) in [5, 5.41) is 0. The highest BCUT2D eigenvalue weighted by Gasteiger charge is 2.15. The van der Waals surface area contributed by atoms with Crippen molar-refractivity contribution in [3.8, 4) is 39.9 Å². The quantitative estimate of drug-likeness (QED) is 0.185. The molecule has 0 N–H and O–H groups in total. The van der Waals surface area contributed by atoms with Gasteiger partial charge in [0.1, 0.15) is 5.75 Å². The first kappa shape index (κ1) is 22.2. The SMILES string of the molecule is C=COCOc1ccc(-c2nc(-c3ccc(C)cc3C)nc(-c3ccc(C)cc3C)n2)cc1. The Bertz CT molecular complexity index is 1230. The van der Waals surface area contributed by atoms with Crippen LogP contribution in [0.3, 0.4) is 0 Å². The minimum atomic E-state index is 0.113. The second-order valence-electron chi connectivity index (χ2n) is 8.06. The maximum Gasteiger partial charge on any atom is 0.229 e. The highest BCUT2D eigenvalue weighted by Crippen LogP contribution is 2.29. The van der Waals surface area contributed by atoms with Gasteiger partial charge in [-0.25, -0.2) is 15.0 Å². The van der Waals surface area contributed by atoms with Gasteiger partial charge < -0.3 is 9.47 Å². The van der Waals surface area contributed by atoms with E-state index in [2.05, 4.69) is 70.7 Å². The number of nitrogens with zero attached hydrogens (tertiary/aromatic N) is 3. The van der Waals surface area contributed by atoms with Gasteiger partial charge in [-0.15, -0.1) is 0 Å². The summed E-state index contributed by atoms with van der Waals surface area (Å²) in [6.07, 6.45) is 1.35. The summed E-state index contributed by atoms with van der Waals surface area (Å²) in [5.74, 6) is 2.63. The van der Waals surface area contributed by atoms with Crippen LogP contribution in [0.2, 0.25) is 0 Å². The van der Waals surface area contributed by atoms with Crippen molar-refractivity contribution in [2.45, 2.75) is 27.7 Å². The van der Waals surface area contributed by atoms with E-state index in [0.29, 0.717) is 23.2 Å². The lowest BCUT2D eigenvalue weighted by molar-refractivity contribution is 0.0807. The van der Waals surface area contributed by atoms with Crippen LogP contribution in [0, 0.1) is 27.7 Å². The van der Waals surface area contributed by atoms with Crippen LogP contribution in [-0.2, 0) is 4.74 Å². The van der Waals surface area contributed by atoms with Gasteiger partial charge in [-0.1, -0.05) is 54.1 Å². The minimum Gasteiger partial charge on any atom is -0.466 e. The van der Waals surface area contributed by atoms with Crippen LogP contribution >= 0.6 is 0 Å². The van der Waals surface area contributed by atoms with Gasteiger partial charge in [-0.05, 0) is 63.1 Å². The zero-order valence-corrected chi connectivity index (χ0v) is 19.4. The third kappa shape index (κ3) is 5.09. The highest BCUT2D eigenvalue weighted by atomic mass is 16.7. The number of hydrogen-bond acceptors (Lipinski definition) is 5. The molecule has 1 heterocycles. The molecule has 0 bridgehead atoms. The van der Waals surface area contributed by atoms with Crippen molar-refractivity contribution in [1.29, 1.82) is 0 Å². The van der Waals surface area contributed by atoms with E-state index in [1.165, 1.54) is 17.4 Å². The molecule has 0 fully saturated rings. The van der Waals surface area contributed by atoms with Gasteiger partial charge in [0.05, 0.1) is 6.26 Å². The Balaban J connectivity index is 1.81. The van der Waals surface area contributed by atoms with E-state index < -0.39 is 0 Å².